The number of aryl methyl sites for hydroxylation is 1. The topological polar surface area (TPSA) is 67.2 Å². The molecule has 2 aromatic rings. The third-order valence-corrected chi connectivity index (χ3v) is 5.06. The minimum atomic E-state index is -0.123. The lowest BCUT2D eigenvalue weighted by atomic mass is 10.1. The molecule has 0 saturated carbocycles. The Kier molecular flexibility index (Phi) is 5.41. The van der Waals surface area contributed by atoms with Crippen LogP contribution in [-0.4, -0.2) is 45.5 Å². The molecule has 26 heavy (non-hydrogen) atoms. The summed E-state index contributed by atoms with van der Waals surface area (Å²) in [6.07, 6.45) is 1.77. The number of fused-ring (bicyclic) bond motifs is 2. The van der Waals surface area contributed by atoms with Gasteiger partial charge in [-0.1, -0.05) is 0 Å². The molecule has 1 amide bonds. The van der Waals surface area contributed by atoms with Gasteiger partial charge in [0.05, 0.1) is 10.9 Å². The Morgan fingerprint density at radius 3 is 2.69 bits per heavy atom. The van der Waals surface area contributed by atoms with Crippen LogP contribution in [-0.2, 0) is 13.0 Å². The van der Waals surface area contributed by atoms with E-state index in [4.69, 9.17) is 0 Å². The predicted octanol–water partition coefficient (Wildman–Crippen LogP) is 2.19. The molecule has 1 aliphatic rings. The van der Waals surface area contributed by atoms with Crippen molar-refractivity contribution in [2.45, 2.75) is 59.2 Å². The lowest BCUT2D eigenvalue weighted by Crippen LogP contribution is -2.42. The number of aromatic nitrogens is 2. The van der Waals surface area contributed by atoms with E-state index in [1.165, 1.54) is 0 Å². The Morgan fingerprint density at radius 2 is 2.00 bits per heavy atom. The summed E-state index contributed by atoms with van der Waals surface area (Å²) in [7, 11) is 0. The first-order chi connectivity index (χ1) is 12.4. The molecule has 0 fully saturated rings. The van der Waals surface area contributed by atoms with Crippen LogP contribution in [0.4, 0.5) is 0 Å². The van der Waals surface area contributed by atoms with E-state index in [0.29, 0.717) is 35.1 Å². The minimum Gasteiger partial charge on any atom is -0.351 e. The number of carbonyl (C=O) groups excluding carboxylic acids is 1. The second-order valence-electron chi connectivity index (χ2n) is 7.50. The summed E-state index contributed by atoms with van der Waals surface area (Å²) in [5.74, 6) is 0.700. The highest BCUT2D eigenvalue weighted by Crippen LogP contribution is 2.16. The first-order valence-corrected chi connectivity index (χ1v) is 9.46. The van der Waals surface area contributed by atoms with Gasteiger partial charge in [0.15, 0.2) is 0 Å². The lowest BCUT2D eigenvalue weighted by molar-refractivity contribution is 0.0939. The Labute approximate surface area is 154 Å². The number of amides is 1. The fourth-order valence-corrected chi connectivity index (χ4v) is 3.74. The Balaban J connectivity index is 1.73. The molecule has 0 saturated heterocycles. The standard InChI is InChI=1S/C20H28N4O2/c1-13(2)23(14(3)4)11-9-21-19(25)15-7-8-16-17(12-15)22-18-6-5-10-24(18)20(16)26/h7-8,12-14H,5-6,9-11H2,1-4H3,(H,21,25). The van der Waals surface area contributed by atoms with Crippen molar-refractivity contribution in [2.75, 3.05) is 13.1 Å². The fraction of sp³-hybridized carbons (Fsp3) is 0.550. The first-order valence-electron chi connectivity index (χ1n) is 9.46. The second-order valence-corrected chi connectivity index (χ2v) is 7.50. The lowest BCUT2D eigenvalue weighted by Gasteiger charge is -2.30. The van der Waals surface area contributed by atoms with Crippen molar-refractivity contribution in [3.63, 3.8) is 0 Å². The smallest absolute Gasteiger partial charge is 0.261 e. The monoisotopic (exact) mass is 356 g/mol. The molecule has 140 valence electrons. The molecule has 1 aromatic heterocycles. The second kappa shape index (κ2) is 7.58. The van der Waals surface area contributed by atoms with Crippen LogP contribution in [0.25, 0.3) is 10.9 Å². The SMILES string of the molecule is CC(C)N(CCNC(=O)c1ccc2c(=O)n3c(nc2c1)CCC3)C(C)C. The van der Waals surface area contributed by atoms with Gasteiger partial charge in [-0.25, -0.2) is 4.98 Å². The molecule has 0 bridgehead atoms. The van der Waals surface area contributed by atoms with E-state index in [9.17, 15) is 9.59 Å². The van der Waals surface area contributed by atoms with Crippen molar-refractivity contribution in [1.29, 1.82) is 0 Å². The number of rotatable bonds is 6. The van der Waals surface area contributed by atoms with Gasteiger partial charge >= 0.3 is 0 Å². The highest BCUT2D eigenvalue weighted by molar-refractivity contribution is 5.97. The largest absolute Gasteiger partial charge is 0.351 e. The maximum absolute atomic E-state index is 12.5. The quantitative estimate of drug-likeness (QED) is 0.862. The number of hydrogen-bond acceptors (Lipinski definition) is 4. The average Bonchev–Trinajstić information content (AvgIpc) is 3.06. The van der Waals surface area contributed by atoms with Gasteiger partial charge in [-0.05, 0) is 52.3 Å². The van der Waals surface area contributed by atoms with Gasteiger partial charge in [0, 0.05) is 43.7 Å². The van der Waals surface area contributed by atoms with Crippen molar-refractivity contribution >= 4 is 16.8 Å². The fourth-order valence-electron chi connectivity index (χ4n) is 3.74. The molecule has 0 spiro atoms. The number of nitrogens with zero attached hydrogens (tertiary/aromatic N) is 3. The summed E-state index contributed by atoms with van der Waals surface area (Å²) in [4.78, 5) is 31.9. The molecule has 1 N–H and O–H groups in total. The molecule has 2 heterocycles. The third-order valence-electron chi connectivity index (χ3n) is 5.06. The van der Waals surface area contributed by atoms with Crippen LogP contribution in [0.1, 0.15) is 50.3 Å². The first kappa shape index (κ1) is 18.6. The van der Waals surface area contributed by atoms with Crippen LogP contribution >= 0.6 is 0 Å². The van der Waals surface area contributed by atoms with Crippen LogP contribution in [0.2, 0.25) is 0 Å². The minimum absolute atomic E-state index is 0.000957. The summed E-state index contributed by atoms with van der Waals surface area (Å²) in [5, 5.41) is 3.56. The average molecular weight is 356 g/mol. The van der Waals surface area contributed by atoms with Gasteiger partial charge in [0.25, 0.3) is 11.5 Å². The number of benzene rings is 1. The zero-order valence-electron chi connectivity index (χ0n) is 16.1. The number of nitrogens with one attached hydrogen (secondary N) is 1. The van der Waals surface area contributed by atoms with Crippen molar-refractivity contribution in [3.8, 4) is 0 Å². The van der Waals surface area contributed by atoms with Crippen LogP contribution in [0.15, 0.2) is 23.0 Å². The Morgan fingerprint density at radius 1 is 1.27 bits per heavy atom. The molecular weight excluding hydrogens is 328 g/mol. The van der Waals surface area contributed by atoms with Gasteiger partial charge < -0.3 is 5.32 Å². The third kappa shape index (κ3) is 3.65. The van der Waals surface area contributed by atoms with Crippen molar-refractivity contribution in [2.24, 2.45) is 0 Å². The molecule has 0 unspecified atom stereocenters. The van der Waals surface area contributed by atoms with E-state index < -0.39 is 0 Å². The van der Waals surface area contributed by atoms with Crippen LogP contribution in [0, 0.1) is 0 Å². The molecule has 6 heteroatoms. The molecule has 0 atom stereocenters. The van der Waals surface area contributed by atoms with Crippen molar-refractivity contribution in [1.82, 2.24) is 19.8 Å². The molecule has 6 nitrogen and oxygen atoms in total. The van der Waals surface area contributed by atoms with Gasteiger partial charge in [-0.2, -0.15) is 0 Å². The van der Waals surface area contributed by atoms with E-state index in [1.54, 1.807) is 22.8 Å². The normalized spacial score (nSPS) is 13.8. The maximum atomic E-state index is 12.5. The summed E-state index contributed by atoms with van der Waals surface area (Å²) in [5.41, 5.74) is 1.16. The molecular formula is C20H28N4O2. The zero-order valence-corrected chi connectivity index (χ0v) is 16.1. The van der Waals surface area contributed by atoms with Crippen LogP contribution in [0.5, 0.6) is 0 Å². The molecule has 0 aliphatic carbocycles. The maximum Gasteiger partial charge on any atom is 0.261 e. The molecule has 1 aliphatic heterocycles. The summed E-state index contributed by atoms with van der Waals surface area (Å²) >= 11 is 0. The predicted molar refractivity (Wildman–Crippen MR) is 104 cm³/mol. The van der Waals surface area contributed by atoms with E-state index in [1.807, 2.05) is 0 Å². The van der Waals surface area contributed by atoms with Crippen molar-refractivity contribution < 1.29 is 4.79 Å². The highest BCUT2D eigenvalue weighted by Gasteiger charge is 2.17. The summed E-state index contributed by atoms with van der Waals surface area (Å²) < 4.78 is 1.74. The number of carbonyl (C=O) groups is 1. The van der Waals surface area contributed by atoms with Crippen molar-refractivity contribution in [3.05, 3.63) is 39.9 Å². The van der Waals surface area contributed by atoms with E-state index in [-0.39, 0.29) is 11.5 Å². The summed E-state index contributed by atoms with van der Waals surface area (Å²) in [6, 6.07) is 6.04. The van der Waals surface area contributed by atoms with E-state index >= 15 is 0 Å². The Hall–Kier alpha value is -2.21. The van der Waals surface area contributed by atoms with E-state index in [0.717, 1.165) is 31.8 Å². The molecule has 1 aromatic carbocycles. The summed E-state index contributed by atoms with van der Waals surface area (Å²) in [6.45, 7) is 10.8. The zero-order chi connectivity index (χ0) is 18.8. The van der Waals surface area contributed by atoms with Gasteiger partial charge in [0.1, 0.15) is 5.82 Å². The highest BCUT2D eigenvalue weighted by atomic mass is 16.1. The number of hydrogen-bond donors (Lipinski definition) is 1. The molecule has 3 rings (SSSR count). The van der Waals surface area contributed by atoms with E-state index in [2.05, 4.69) is 42.9 Å². The Bertz CT molecular complexity index is 862. The molecule has 0 radical (unpaired) electrons. The van der Waals surface area contributed by atoms with Crippen LogP contribution in [0.3, 0.4) is 0 Å². The van der Waals surface area contributed by atoms with Gasteiger partial charge in [-0.15, -0.1) is 0 Å². The van der Waals surface area contributed by atoms with Gasteiger partial charge in [-0.3, -0.25) is 19.1 Å². The van der Waals surface area contributed by atoms with Gasteiger partial charge in [0.2, 0.25) is 0 Å². The van der Waals surface area contributed by atoms with Crippen LogP contribution < -0.4 is 10.9 Å².